The van der Waals surface area contributed by atoms with Gasteiger partial charge in [-0.25, -0.2) is 15.3 Å². The Morgan fingerprint density at radius 2 is 1.94 bits per heavy atom. The van der Waals surface area contributed by atoms with Crippen molar-refractivity contribution in [1.29, 1.82) is 0 Å². The van der Waals surface area contributed by atoms with Crippen molar-refractivity contribution in [3.63, 3.8) is 0 Å². The van der Waals surface area contributed by atoms with Crippen LogP contribution in [-0.4, -0.2) is 58.8 Å². The number of likely N-dealkylation sites (tertiary alicyclic amines) is 1. The number of carbonyl (C=O) groups excluding carboxylic acids is 1. The van der Waals surface area contributed by atoms with Gasteiger partial charge in [-0.2, -0.15) is 0 Å². The number of hydroxylamine groups is 1. The zero-order chi connectivity index (χ0) is 21.3. The Morgan fingerprint density at radius 3 is 2.71 bits per heavy atom. The van der Waals surface area contributed by atoms with E-state index in [2.05, 4.69) is 25.7 Å². The van der Waals surface area contributed by atoms with E-state index < -0.39 is 0 Å². The number of nitrogens with one attached hydrogen (secondary N) is 2. The minimum absolute atomic E-state index is 0.344. The van der Waals surface area contributed by atoms with Gasteiger partial charge in [0.15, 0.2) is 6.29 Å². The molecule has 3 heterocycles. The molecule has 0 spiro atoms. The fourth-order valence-electron chi connectivity index (χ4n) is 4.73. The summed E-state index contributed by atoms with van der Waals surface area (Å²) in [5.74, 6) is 0.443. The van der Waals surface area contributed by atoms with Gasteiger partial charge in [0.2, 0.25) is 0 Å². The summed E-state index contributed by atoms with van der Waals surface area (Å²) in [6, 6.07) is 1.17. The lowest BCUT2D eigenvalue weighted by molar-refractivity contribution is -0.198. The molecule has 1 aromatic heterocycles. The maximum absolute atomic E-state index is 11.9. The van der Waals surface area contributed by atoms with Crippen LogP contribution in [0.5, 0.6) is 0 Å². The highest BCUT2D eigenvalue weighted by molar-refractivity contribution is 5.90. The lowest BCUT2D eigenvalue weighted by Gasteiger charge is -2.40. The number of rotatable bonds is 7. The second-order valence-electron chi connectivity index (χ2n) is 8.81. The largest absolute Gasteiger partial charge is 0.365 e. The van der Waals surface area contributed by atoms with Gasteiger partial charge in [0.1, 0.15) is 5.82 Å². The van der Waals surface area contributed by atoms with Crippen LogP contribution in [0.15, 0.2) is 18.5 Å². The van der Waals surface area contributed by atoms with E-state index in [1.807, 2.05) is 0 Å². The van der Waals surface area contributed by atoms with Crippen molar-refractivity contribution in [3.8, 4) is 0 Å². The summed E-state index contributed by atoms with van der Waals surface area (Å²) in [5.41, 5.74) is 3.03. The molecule has 0 bridgehead atoms. The molecular formula is C23H35N5O3. The van der Waals surface area contributed by atoms with Gasteiger partial charge in [0.05, 0.1) is 18.1 Å². The number of hydrogen-bond donors (Lipinski definition) is 2. The average molecular weight is 430 g/mol. The molecule has 1 amide bonds. The SMILES string of the molecule is O=C(C=Cc1cnc(N[C@@H]2CCCN(C3CCCCC3)C2)cn1)NOC1CCCCO1. The molecule has 2 atom stereocenters. The minimum atomic E-state index is -0.356. The number of nitrogens with zero attached hydrogens (tertiary/aromatic N) is 3. The lowest BCUT2D eigenvalue weighted by atomic mass is 9.92. The molecule has 170 valence electrons. The Labute approximate surface area is 184 Å². The van der Waals surface area contributed by atoms with Crippen LogP contribution in [0.1, 0.15) is 69.9 Å². The van der Waals surface area contributed by atoms with Crippen LogP contribution in [-0.2, 0) is 14.4 Å². The summed E-state index contributed by atoms with van der Waals surface area (Å²) in [5, 5.41) is 3.55. The van der Waals surface area contributed by atoms with Gasteiger partial charge in [0.25, 0.3) is 5.91 Å². The molecule has 8 nitrogen and oxygen atoms in total. The summed E-state index contributed by atoms with van der Waals surface area (Å²) in [7, 11) is 0. The molecule has 0 radical (unpaired) electrons. The quantitative estimate of drug-likeness (QED) is 0.508. The number of ether oxygens (including phenoxy) is 1. The normalized spacial score (nSPS) is 26.1. The van der Waals surface area contributed by atoms with Crippen molar-refractivity contribution >= 4 is 17.8 Å². The van der Waals surface area contributed by atoms with Crippen LogP contribution in [0.3, 0.4) is 0 Å². The lowest BCUT2D eigenvalue weighted by Crippen LogP contribution is -2.47. The van der Waals surface area contributed by atoms with E-state index in [-0.39, 0.29) is 12.2 Å². The van der Waals surface area contributed by atoms with E-state index in [0.717, 1.165) is 44.1 Å². The van der Waals surface area contributed by atoms with Crippen molar-refractivity contribution in [2.75, 3.05) is 25.0 Å². The third-order valence-electron chi connectivity index (χ3n) is 6.40. The van der Waals surface area contributed by atoms with E-state index >= 15 is 0 Å². The van der Waals surface area contributed by atoms with E-state index in [9.17, 15) is 4.79 Å². The van der Waals surface area contributed by atoms with Crippen LogP contribution in [0.4, 0.5) is 5.82 Å². The first kappa shape index (κ1) is 22.2. The summed E-state index contributed by atoms with van der Waals surface area (Å²) in [6.45, 7) is 2.97. The second kappa shape index (κ2) is 11.5. The molecule has 3 aliphatic rings. The highest BCUT2D eigenvalue weighted by atomic mass is 16.8. The number of piperidine rings is 1. The molecule has 0 aromatic carbocycles. The standard InChI is InChI=1S/C23H35N5O3/c29-22(27-31-23-10-4-5-14-30-23)12-11-18-15-25-21(16-24-18)26-19-7-6-13-28(17-19)20-8-2-1-3-9-20/h11-12,15-16,19-20,23H,1-10,13-14,17H2,(H,25,26)(H,27,29)/t19-,23?/m1/s1. The first-order chi connectivity index (χ1) is 15.3. The Bertz CT molecular complexity index is 714. The Balaban J connectivity index is 1.21. The molecule has 1 unspecified atom stereocenters. The van der Waals surface area contributed by atoms with Crippen LogP contribution in [0.2, 0.25) is 0 Å². The summed E-state index contributed by atoms with van der Waals surface area (Å²) < 4.78 is 5.41. The first-order valence-corrected chi connectivity index (χ1v) is 11.8. The fourth-order valence-corrected chi connectivity index (χ4v) is 4.73. The highest BCUT2D eigenvalue weighted by Crippen LogP contribution is 2.26. The maximum Gasteiger partial charge on any atom is 0.267 e. The van der Waals surface area contributed by atoms with Crippen molar-refractivity contribution in [2.24, 2.45) is 0 Å². The highest BCUT2D eigenvalue weighted by Gasteiger charge is 2.27. The third kappa shape index (κ3) is 6.98. The molecule has 1 aliphatic carbocycles. The van der Waals surface area contributed by atoms with E-state index in [1.54, 1.807) is 18.5 Å². The van der Waals surface area contributed by atoms with Gasteiger partial charge in [-0.3, -0.25) is 14.7 Å². The molecule has 1 saturated carbocycles. The number of carbonyl (C=O) groups is 1. The molecule has 3 fully saturated rings. The third-order valence-corrected chi connectivity index (χ3v) is 6.40. The van der Waals surface area contributed by atoms with E-state index in [4.69, 9.17) is 9.57 Å². The van der Waals surface area contributed by atoms with Gasteiger partial charge in [-0.05, 0) is 51.1 Å². The molecule has 2 saturated heterocycles. The molecule has 2 aliphatic heterocycles. The summed E-state index contributed by atoms with van der Waals surface area (Å²) in [4.78, 5) is 28.7. The maximum atomic E-state index is 11.9. The van der Waals surface area contributed by atoms with Crippen molar-refractivity contribution < 1.29 is 14.4 Å². The van der Waals surface area contributed by atoms with Gasteiger partial charge >= 0.3 is 0 Å². The fraction of sp³-hybridized carbons (Fsp3) is 0.696. The molecule has 4 rings (SSSR count). The van der Waals surface area contributed by atoms with Crippen LogP contribution >= 0.6 is 0 Å². The smallest absolute Gasteiger partial charge is 0.267 e. The van der Waals surface area contributed by atoms with Gasteiger partial charge in [0, 0.05) is 37.7 Å². The van der Waals surface area contributed by atoms with Crippen LogP contribution in [0.25, 0.3) is 6.08 Å². The zero-order valence-corrected chi connectivity index (χ0v) is 18.3. The molecule has 31 heavy (non-hydrogen) atoms. The van der Waals surface area contributed by atoms with Gasteiger partial charge < -0.3 is 10.1 Å². The molecule has 1 aromatic rings. The molecule has 8 heteroatoms. The number of amides is 1. The number of aromatic nitrogens is 2. The Morgan fingerprint density at radius 1 is 1.06 bits per heavy atom. The van der Waals surface area contributed by atoms with Crippen molar-refractivity contribution in [3.05, 3.63) is 24.2 Å². The minimum Gasteiger partial charge on any atom is -0.365 e. The van der Waals surface area contributed by atoms with Gasteiger partial charge in [-0.15, -0.1) is 0 Å². The van der Waals surface area contributed by atoms with Crippen LogP contribution in [0, 0.1) is 0 Å². The second-order valence-corrected chi connectivity index (χ2v) is 8.81. The summed E-state index contributed by atoms with van der Waals surface area (Å²) in [6.07, 6.45) is 18.2. The van der Waals surface area contributed by atoms with Gasteiger partial charge in [-0.1, -0.05) is 19.3 Å². The number of anilines is 1. The molecular weight excluding hydrogens is 394 g/mol. The first-order valence-electron chi connectivity index (χ1n) is 11.8. The van der Waals surface area contributed by atoms with E-state index in [1.165, 1.54) is 51.1 Å². The van der Waals surface area contributed by atoms with Crippen LogP contribution < -0.4 is 10.8 Å². The zero-order valence-electron chi connectivity index (χ0n) is 18.3. The van der Waals surface area contributed by atoms with Crippen molar-refractivity contribution in [2.45, 2.75) is 82.6 Å². The predicted molar refractivity (Wildman–Crippen MR) is 119 cm³/mol. The number of hydrogen-bond acceptors (Lipinski definition) is 7. The average Bonchev–Trinajstić information content (AvgIpc) is 2.84. The van der Waals surface area contributed by atoms with E-state index in [0.29, 0.717) is 18.3 Å². The molecule has 2 N–H and O–H groups in total. The predicted octanol–water partition coefficient (Wildman–Crippen LogP) is 3.27. The van der Waals surface area contributed by atoms with Crippen molar-refractivity contribution in [1.82, 2.24) is 20.3 Å². The monoisotopic (exact) mass is 429 g/mol. The Kier molecular flexibility index (Phi) is 8.26. The topological polar surface area (TPSA) is 88.6 Å². The Hall–Kier alpha value is -2.03. The summed E-state index contributed by atoms with van der Waals surface area (Å²) >= 11 is 0.